The van der Waals surface area contributed by atoms with Crippen molar-refractivity contribution in [2.24, 2.45) is 0 Å². The number of nitrogens with zero attached hydrogens (tertiary/aromatic N) is 1. The molecule has 0 unspecified atom stereocenters. The zero-order valence-corrected chi connectivity index (χ0v) is 11.6. The molecule has 0 amide bonds. The highest BCUT2D eigenvalue weighted by Gasteiger charge is 2.06. The third-order valence-corrected chi connectivity index (χ3v) is 4.01. The highest BCUT2D eigenvalue weighted by atomic mass is 35.5. The average molecular weight is 274 g/mol. The molecule has 0 heterocycles. The summed E-state index contributed by atoms with van der Waals surface area (Å²) in [6, 6.07) is 16.1. The van der Waals surface area contributed by atoms with E-state index >= 15 is 0 Å². The SMILES string of the molecule is Cc1cccc(CSc2cccc(Cl)c2C#N)c1. The lowest BCUT2D eigenvalue weighted by atomic mass is 10.2. The summed E-state index contributed by atoms with van der Waals surface area (Å²) in [7, 11) is 0. The Bertz CT molecular complexity index is 602. The van der Waals surface area contributed by atoms with Crippen LogP contribution in [-0.4, -0.2) is 0 Å². The molecule has 2 aromatic carbocycles. The van der Waals surface area contributed by atoms with Crippen LogP contribution in [-0.2, 0) is 5.75 Å². The molecule has 0 aliphatic carbocycles. The number of rotatable bonds is 3. The third kappa shape index (κ3) is 3.07. The fourth-order valence-corrected chi connectivity index (χ4v) is 2.95. The van der Waals surface area contributed by atoms with Gasteiger partial charge in [0.05, 0.1) is 10.6 Å². The number of hydrogen-bond donors (Lipinski definition) is 0. The van der Waals surface area contributed by atoms with E-state index in [9.17, 15) is 0 Å². The fraction of sp³-hybridized carbons (Fsp3) is 0.133. The molecule has 3 heteroatoms. The normalized spacial score (nSPS) is 10.1. The van der Waals surface area contributed by atoms with E-state index in [0.717, 1.165) is 10.6 Å². The quantitative estimate of drug-likeness (QED) is 0.749. The van der Waals surface area contributed by atoms with Gasteiger partial charge < -0.3 is 0 Å². The Kier molecular flexibility index (Phi) is 4.30. The predicted molar refractivity (Wildman–Crippen MR) is 76.9 cm³/mol. The minimum absolute atomic E-state index is 0.520. The van der Waals surface area contributed by atoms with E-state index in [1.54, 1.807) is 17.8 Å². The smallest absolute Gasteiger partial charge is 0.102 e. The number of benzene rings is 2. The summed E-state index contributed by atoms with van der Waals surface area (Å²) in [5.74, 6) is 0.844. The summed E-state index contributed by atoms with van der Waals surface area (Å²) in [5.41, 5.74) is 3.07. The topological polar surface area (TPSA) is 23.8 Å². The molecule has 0 saturated heterocycles. The first-order chi connectivity index (χ1) is 8.70. The molecular weight excluding hydrogens is 262 g/mol. The van der Waals surface area contributed by atoms with Gasteiger partial charge in [-0.25, -0.2) is 0 Å². The molecule has 0 N–H and O–H groups in total. The molecule has 0 atom stereocenters. The van der Waals surface area contributed by atoms with Crippen molar-refractivity contribution >= 4 is 23.4 Å². The van der Waals surface area contributed by atoms with Gasteiger partial charge in [0.2, 0.25) is 0 Å². The summed E-state index contributed by atoms with van der Waals surface area (Å²) < 4.78 is 0. The van der Waals surface area contributed by atoms with E-state index in [0.29, 0.717) is 10.6 Å². The maximum Gasteiger partial charge on any atom is 0.102 e. The van der Waals surface area contributed by atoms with E-state index in [1.165, 1.54) is 11.1 Å². The molecule has 18 heavy (non-hydrogen) atoms. The molecule has 0 bridgehead atoms. The van der Waals surface area contributed by atoms with Crippen LogP contribution < -0.4 is 0 Å². The molecule has 0 aliphatic rings. The Morgan fingerprint density at radius 3 is 2.72 bits per heavy atom. The Morgan fingerprint density at radius 1 is 1.22 bits per heavy atom. The molecule has 0 aliphatic heterocycles. The number of nitriles is 1. The molecule has 1 nitrogen and oxygen atoms in total. The van der Waals surface area contributed by atoms with Gasteiger partial charge in [-0.15, -0.1) is 11.8 Å². The molecule has 0 radical (unpaired) electrons. The molecular formula is C15H12ClNS. The van der Waals surface area contributed by atoms with Gasteiger partial charge in [-0.05, 0) is 24.6 Å². The number of aryl methyl sites for hydroxylation is 1. The highest BCUT2D eigenvalue weighted by molar-refractivity contribution is 7.98. The van der Waals surface area contributed by atoms with Crippen LogP contribution in [0.1, 0.15) is 16.7 Å². The molecule has 0 fully saturated rings. The average Bonchev–Trinajstić information content (AvgIpc) is 2.36. The lowest BCUT2D eigenvalue weighted by Crippen LogP contribution is -1.85. The molecule has 90 valence electrons. The van der Waals surface area contributed by atoms with Crippen molar-refractivity contribution in [3.8, 4) is 6.07 Å². The van der Waals surface area contributed by atoms with Crippen molar-refractivity contribution in [3.63, 3.8) is 0 Å². The molecule has 0 saturated carbocycles. The van der Waals surface area contributed by atoms with Gasteiger partial charge in [-0.3, -0.25) is 0 Å². The van der Waals surface area contributed by atoms with Gasteiger partial charge in [-0.2, -0.15) is 5.26 Å². The number of thioether (sulfide) groups is 1. The van der Waals surface area contributed by atoms with E-state index < -0.39 is 0 Å². The summed E-state index contributed by atoms with van der Waals surface area (Å²) in [5, 5.41) is 9.61. The second-order valence-corrected chi connectivity index (χ2v) is 5.43. The first-order valence-electron chi connectivity index (χ1n) is 5.57. The second-order valence-electron chi connectivity index (χ2n) is 4.00. The van der Waals surface area contributed by atoms with Crippen LogP contribution in [0.25, 0.3) is 0 Å². The van der Waals surface area contributed by atoms with Gasteiger partial charge >= 0.3 is 0 Å². The summed E-state index contributed by atoms with van der Waals surface area (Å²) in [6.45, 7) is 2.08. The van der Waals surface area contributed by atoms with E-state index in [1.807, 2.05) is 12.1 Å². The summed E-state index contributed by atoms with van der Waals surface area (Å²) >= 11 is 7.64. The number of halogens is 1. The van der Waals surface area contributed by atoms with Crippen LogP contribution >= 0.6 is 23.4 Å². The van der Waals surface area contributed by atoms with Crippen LogP contribution in [0.4, 0.5) is 0 Å². The van der Waals surface area contributed by atoms with Crippen molar-refractivity contribution in [3.05, 3.63) is 64.2 Å². The lowest BCUT2D eigenvalue weighted by molar-refractivity contribution is 1.32. The molecule has 2 aromatic rings. The van der Waals surface area contributed by atoms with Crippen molar-refractivity contribution < 1.29 is 0 Å². The van der Waals surface area contributed by atoms with Crippen molar-refractivity contribution in [1.82, 2.24) is 0 Å². The van der Waals surface area contributed by atoms with Gasteiger partial charge in [-0.1, -0.05) is 47.5 Å². The van der Waals surface area contributed by atoms with E-state index in [-0.39, 0.29) is 0 Å². The third-order valence-electron chi connectivity index (χ3n) is 2.56. The Hall–Kier alpha value is -1.43. The maximum absolute atomic E-state index is 9.09. The van der Waals surface area contributed by atoms with Gasteiger partial charge in [0.25, 0.3) is 0 Å². The Labute approximate surface area is 116 Å². The van der Waals surface area contributed by atoms with Crippen LogP contribution in [0.5, 0.6) is 0 Å². The Balaban J connectivity index is 2.16. The monoisotopic (exact) mass is 273 g/mol. The molecule has 2 rings (SSSR count). The van der Waals surface area contributed by atoms with Gasteiger partial charge in [0, 0.05) is 10.6 Å². The minimum Gasteiger partial charge on any atom is -0.192 e. The Morgan fingerprint density at radius 2 is 2.00 bits per heavy atom. The predicted octanol–water partition coefficient (Wildman–Crippen LogP) is 4.81. The molecule has 0 spiro atoms. The summed E-state index contributed by atoms with van der Waals surface area (Å²) in [6.07, 6.45) is 0. The summed E-state index contributed by atoms with van der Waals surface area (Å²) in [4.78, 5) is 0.937. The van der Waals surface area contributed by atoms with Crippen LogP contribution in [0, 0.1) is 18.3 Å². The number of hydrogen-bond acceptors (Lipinski definition) is 2. The van der Waals surface area contributed by atoms with E-state index in [4.69, 9.17) is 16.9 Å². The van der Waals surface area contributed by atoms with Crippen molar-refractivity contribution in [1.29, 1.82) is 5.26 Å². The van der Waals surface area contributed by atoms with Crippen LogP contribution in [0.2, 0.25) is 5.02 Å². The first-order valence-corrected chi connectivity index (χ1v) is 6.94. The largest absolute Gasteiger partial charge is 0.192 e. The standard InChI is InChI=1S/C15H12ClNS/c1-11-4-2-5-12(8-11)10-18-15-7-3-6-14(16)13(15)9-17/h2-8H,10H2,1H3. The van der Waals surface area contributed by atoms with E-state index in [2.05, 4.69) is 37.3 Å². The second kappa shape index (κ2) is 5.95. The van der Waals surface area contributed by atoms with Crippen LogP contribution in [0.15, 0.2) is 47.4 Å². The molecule has 0 aromatic heterocycles. The lowest BCUT2D eigenvalue weighted by Gasteiger charge is -2.06. The van der Waals surface area contributed by atoms with Crippen LogP contribution in [0.3, 0.4) is 0 Å². The van der Waals surface area contributed by atoms with Gasteiger partial charge in [0.15, 0.2) is 0 Å². The zero-order valence-electron chi connectivity index (χ0n) is 9.98. The fourth-order valence-electron chi connectivity index (χ4n) is 1.70. The zero-order chi connectivity index (χ0) is 13.0. The van der Waals surface area contributed by atoms with Gasteiger partial charge in [0.1, 0.15) is 6.07 Å². The first kappa shape index (κ1) is 13.0. The minimum atomic E-state index is 0.520. The highest BCUT2D eigenvalue weighted by Crippen LogP contribution is 2.30. The maximum atomic E-state index is 9.09. The van der Waals surface area contributed by atoms with Crippen molar-refractivity contribution in [2.45, 2.75) is 17.6 Å². The van der Waals surface area contributed by atoms with Crippen molar-refractivity contribution in [2.75, 3.05) is 0 Å².